The molecule has 3 saturated heterocycles. The number of ether oxygens (including phenoxy) is 1. The molecule has 3 heterocycles. The number of benzene rings is 2. The Morgan fingerprint density at radius 3 is 2.62 bits per heavy atom. The summed E-state index contributed by atoms with van der Waals surface area (Å²) < 4.78 is 6.00. The van der Waals surface area contributed by atoms with Crippen molar-refractivity contribution in [3.05, 3.63) is 52.0 Å². The maximum Gasteiger partial charge on any atom is 0.228 e. The van der Waals surface area contributed by atoms with Gasteiger partial charge in [0.25, 0.3) is 0 Å². The molecular formula is C25H30Cl2N4O3. The summed E-state index contributed by atoms with van der Waals surface area (Å²) in [4.78, 5) is 20.0. The van der Waals surface area contributed by atoms with Crippen LogP contribution in [0.1, 0.15) is 12.0 Å². The van der Waals surface area contributed by atoms with Crippen molar-refractivity contribution in [3.8, 4) is 5.75 Å². The summed E-state index contributed by atoms with van der Waals surface area (Å²) in [5, 5.41) is 13.5. The third kappa shape index (κ3) is 4.86. The summed E-state index contributed by atoms with van der Waals surface area (Å²) in [5.41, 5.74) is 2.71. The molecule has 34 heavy (non-hydrogen) atoms. The van der Waals surface area contributed by atoms with Crippen LogP contribution in [0.15, 0.2) is 36.4 Å². The molecule has 5 rings (SSSR count). The van der Waals surface area contributed by atoms with Gasteiger partial charge in [0.05, 0.1) is 17.5 Å². The topological polar surface area (TPSA) is 71.6 Å². The van der Waals surface area contributed by atoms with Gasteiger partial charge in [0.1, 0.15) is 5.75 Å². The minimum absolute atomic E-state index is 0.00460. The molecule has 0 bridgehead atoms. The Labute approximate surface area is 210 Å². The van der Waals surface area contributed by atoms with E-state index in [1.807, 2.05) is 12.1 Å². The molecule has 3 aliphatic heterocycles. The van der Waals surface area contributed by atoms with Gasteiger partial charge < -0.3 is 20.1 Å². The van der Waals surface area contributed by atoms with Crippen LogP contribution in [-0.2, 0) is 9.53 Å². The smallest absolute Gasteiger partial charge is 0.228 e. The van der Waals surface area contributed by atoms with E-state index in [0.29, 0.717) is 12.2 Å². The number of epoxide rings is 1. The van der Waals surface area contributed by atoms with E-state index in [0.717, 1.165) is 62.9 Å². The number of piperazine rings is 1. The summed E-state index contributed by atoms with van der Waals surface area (Å²) in [5.74, 6) is -0.0865. The molecule has 3 aliphatic rings. The molecule has 2 atom stereocenters. The lowest BCUT2D eigenvalue weighted by molar-refractivity contribution is -0.119. The van der Waals surface area contributed by atoms with Crippen LogP contribution in [0.5, 0.6) is 5.75 Å². The van der Waals surface area contributed by atoms with Gasteiger partial charge in [0.15, 0.2) is 5.72 Å². The highest BCUT2D eigenvalue weighted by atomic mass is 35.5. The van der Waals surface area contributed by atoms with Gasteiger partial charge >= 0.3 is 0 Å². The van der Waals surface area contributed by atoms with Crippen LogP contribution < -0.4 is 10.2 Å². The summed E-state index contributed by atoms with van der Waals surface area (Å²) in [6, 6.07) is 10.8. The van der Waals surface area contributed by atoms with Crippen LogP contribution in [0.25, 0.3) is 0 Å². The number of nitrogens with zero attached hydrogens (tertiary/aromatic N) is 3. The molecule has 9 heteroatoms. The normalized spacial score (nSPS) is 25.5. The average molecular weight is 505 g/mol. The standard InChI is InChI=1S/C25H30Cl2N4O3/c1-17-20(26)3-2-4-22(17)30-9-11-31(12-10-30)25(16-34-25)15-29-8-7-18(14-29)24(33)28-19-5-6-23(32)21(27)13-19/h2-6,13,18,32H,7-12,14-16H2,1H3,(H,28,33). The van der Waals surface area contributed by atoms with Crippen molar-refractivity contribution in [2.45, 2.75) is 19.1 Å². The van der Waals surface area contributed by atoms with Gasteiger partial charge in [-0.25, -0.2) is 0 Å². The van der Waals surface area contributed by atoms with Gasteiger partial charge in [-0.15, -0.1) is 0 Å². The Bertz CT molecular complexity index is 1070. The molecule has 2 N–H and O–H groups in total. The first-order valence-electron chi connectivity index (χ1n) is 11.8. The molecule has 0 aromatic heterocycles. The van der Waals surface area contributed by atoms with E-state index >= 15 is 0 Å². The molecule has 0 aliphatic carbocycles. The highest BCUT2D eigenvalue weighted by molar-refractivity contribution is 6.32. The number of nitrogens with one attached hydrogen (secondary N) is 1. The molecule has 3 fully saturated rings. The number of amides is 1. The van der Waals surface area contributed by atoms with Crippen LogP contribution >= 0.6 is 23.2 Å². The molecule has 0 radical (unpaired) electrons. The van der Waals surface area contributed by atoms with E-state index in [1.54, 1.807) is 12.1 Å². The largest absolute Gasteiger partial charge is 0.506 e. The number of carbonyl (C=O) groups is 1. The molecule has 0 spiro atoms. The number of carbonyl (C=O) groups excluding carboxylic acids is 1. The fraction of sp³-hybridized carbons (Fsp3) is 0.480. The van der Waals surface area contributed by atoms with Crippen LogP contribution in [0.4, 0.5) is 11.4 Å². The van der Waals surface area contributed by atoms with Gasteiger partial charge in [0, 0.05) is 55.7 Å². The van der Waals surface area contributed by atoms with Gasteiger partial charge in [0.2, 0.25) is 5.91 Å². The zero-order valence-corrected chi connectivity index (χ0v) is 20.8. The Balaban J connectivity index is 1.13. The monoisotopic (exact) mass is 504 g/mol. The molecular weight excluding hydrogens is 475 g/mol. The first kappa shape index (κ1) is 23.7. The van der Waals surface area contributed by atoms with Crippen LogP contribution in [0.2, 0.25) is 10.0 Å². The summed E-state index contributed by atoms with van der Waals surface area (Å²) in [7, 11) is 0. The SMILES string of the molecule is Cc1c(Cl)cccc1N1CCN(C2(CN3CCC(C(=O)Nc4ccc(O)c(Cl)c4)C3)CO2)CC1. The fourth-order valence-corrected chi connectivity index (χ4v) is 5.47. The Kier molecular flexibility index (Phi) is 6.66. The number of hydrogen-bond donors (Lipinski definition) is 2. The quantitative estimate of drug-likeness (QED) is 0.460. The third-order valence-electron chi connectivity index (χ3n) is 7.24. The number of aromatic hydroxyl groups is 1. The van der Waals surface area contributed by atoms with Crippen molar-refractivity contribution in [3.63, 3.8) is 0 Å². The lowest BCUT2D eigenvalue weighted by Crippen LogP contribution is -2.55. The molecule has 182 valence electrons. The second kappa shape index (κ2) is 9.55. The number of phenols is 1. The van der Waals surface area contributed by atoms with Crippen LogP contribution in [-0.4, -0.2) is 79.0 Å². The van der Waals surface area contributed by atoms with E-state index in [9.17, 15) is 9.90 Å². The predicted octanol–water partition coefficient (Wildman–Crippen LogP) is 3.82. The van der Waals surface area contributed by atoms with Crippen molar-refractivity contribution in [2.24, 2.45) is 5.92 Å². The zero-order valence-electron chi connectivity index (χ0n) is 19.3. The van der Waals surface area contributed by atoms with Crippen molar-refractivity contribution < 1.29 is 14.6 Å². The zero-order chi connectivity index (χ0) is 23.9. The average Bonchev–Trinajstić information content (AvgIpc) is 3.46. The van der Waals surface area contributed by atoms with E-state index in [4.69, 9.17) is 27.9 Å². The van der Waals surface area contributed by atoms with Crippen molar-refractivity contribution in [2.75, 3.05) is 62.6 Å². The number of likely N-dealkylation sites (tertiary alicyclic amines) is 1. The molecule has 2 unspecified atom stereocenters. The van der Waals surface area contributed by atoms with E-state index in [2.05, 4.69) is 33.0 Å². The number of anilines is 2. The summed E-state index contributed by atoms with van der Waals surface area (Å²) >= 11 is 12.3. The summed E-state index contributed by atoms with van der Waals surface area (Å²) in [6.45, 7) is 8.97. The van der Waals surface area contributed by atoms with Crippen molar-refractivity contribution in [1.82, 2.24) is 9.80 Å². The highest BCUT2D eigenvalue weighted by Gasteiger charge is 2.52. The first-order chi connectivity index (χ1) is 16.3. The molecule has 0 saturated carbocycles. The number of halogens is 2. The van der Waals surface area contributed by atoms with E-state index < -0.39 is 0 Å². The maximum atomic E-state index is 12.8. The van der Waals surface area contributed by atoms with E-state index in [1.165, 1.54) is 11.8 Å². The minimum Gasteiger partial charge on any atom is -0.506 e. The molecule has 7 nitrogen and oxygen atoms in total. The van der Waals surface area contributed by atoms with Gasteiger partial charge in [-0.3, -0.25) is 14.6 Å². The second-order valence-electron chi connectivity index (χ2n) is 9.47. The van der Waals surface area contributed by atoms with E-state index in [-0.39, 0.29) is 28.3 Å². The van der Waals surface area contributed by atoms with Gasteiger partial charge in [-0.05, 0) is 55.8 Å². The molecule has 2 aromatic carbocycles. The van der Waals surface area contributed by atoms with Crippen LogP contribution in [0, 0.1) is 12.8 Å². The molecule has 1 amide bonds. The Morgan fingerprint density at radius 1 is 1.15 bits per heavy atom. The van der Waals surface area contributed by atoms with Crippen molar-refractivity contribution >= 4 is 40.5 Å². The lowest BCUT2D eigenvalue weighted by Gasteiger charge is -2.40. The Morgan fingerprint density at radius 2 is 1.91 bits per heavy atom. The highest BCUT2D eigenvalue weighted by Crippen LogP contribution is 2.36. The van der Waals surface area contributed by atoms with Gasteiger partial charge in [-0.2, -0.15) is 0 Å². The van der Waals surface area contributed by atoms with Crippen molar-refractivity contribution in [1.29, 1.82) is 0 Å². The number of hydrogen-bond acceptors (Lipinski definition) is 6. The molecule has 2 aromatic rings. The first-order valence-corrected chi connectivity index (χ1v) is 12.5. The number of rotatable bonds is 6. The van der Waals surface area contributed by atoms with Crippen LogP contribution in [0.3, 0.4) is 0 Å². The third-order valence-corrected chi connectivity index (χ3v) is 7.95. The summed E-state index contributed by atoms with van der Waals surface area (Å²) in [6.07, 6.45) is 0.815. The second-order valence-corrected chi connectivity index (χ2v) is 10.3. The fourth-order valence-electron chi connectivity index (χ4n) is 5.12. The predicted molar refractivity (Wildman–Crippen MR) is 135 cm³/mol. The Hall–Kier alpha value is -2.03. The van der Waals surface area contributed by atoms with Gasteiger partial charge in [-0.1, -0.05) is 29.3 Å². The number of phenolic OH excluding ortho intramolecular Hbond substituents is 1. The lowest BCUT2D eigenvalue weighted by atomic mass is 10.1. The minimum atomic E-state index is -0.231. The maximum absolute atomic E-state index is 12.8.